The minimum Gasteiger partial charge on any atom is -0.344 e. The molecule has 1 aliphatic rings. The Balaban J connectivity index is 1.39. The van der Waals surface area contributed by atoms with Crippen LogP contribution < -0.4 is 10.6 Å². The Labute approximate surface area is 180 Å². The van der Waals surface area contributed by atoms with E-state index in [1.807, 2.05) is 17.5 Å². The number of nitrogens with one attached hydrogen (secondary N) is 2. The highest BCUT2D eigenvalue weighted by Gasteiger charge is 2.27. The van der Waals surface area contributed by atoms with E-state index < -0.39 is 17.6 Å². The van der Waals surface area contributed by atoms with Gasteiger partial charge in [-0.2, -0.15) is 0 Å². The van der Waals surface area contributed by atoms with Gasteiger partial charge in [-0.05, 0) is 24.1 Å². The quantitative estimate of drug-likeness (QED) is 0.602. The molecule has 30 heavy (non-hydrogen) atoms. The highest BCUT2D eigenvalue weighted by molar-refractivity contribution is 7.13. The summed E-state index contributed by atoms with van der Waals surface area (Å²) in [5.74, 6) is -1.46. The van der Waals surface area contributed by atoms with Crippen molar-refractivity contribution >= 4 is 45.7 Å². The van der Waals surface area contributed by atoms with Gasteiger partial charge in [0.15, 0.2) is 5.13 Å². The molecule has 0 bridgehead atoms. The Hall–Kier alpha value is -3.04. The van der Waals surface area contributed by atoms with Crippen molar-refractivity contribution in [3.63, 3.8) is 0 Å². The maximum absolute atomic E-state index is 14.0. The summed E-state index contributed by atoms with van der Waals surface area (Å²) in [4.78, 5) is 35.0. The SMILES string of the molecule is O=C(NCc1cccc(Cl)c1F)C(=O)N1CCc2ccc(Nc3nccs3)nc2C1. The standard InChI is InChI=1S/C20H17ClFN5O2S/c21-14-3-1-2-13(17(14)22)10-24-18(28)19(29)27-8-6-12-4-5-16(25-15(12)11-27)26-20-23-7-9-30-20/h1-5,7,9H,6,8,10-11H2,(H,24,28)(H,23,25,26). The van der Waals surface area contributed by atoms with E-state index >= 15 is 0 Å². The van der Waals surface area contributed by atoms with Gasteiger partial charge in [-0.25, -0.2) is 14.4 Å². The lowest BCUT2D eigenvalue weighted by atomic mass is 10.0. The van der Waals surface area contributed by atoms with Crippen molar-refractivity contribution in [2.75, 3.05) is 11.9 Å². The van der Waals surface area contributed by atoms with Crippen LogP contribution in [0.25, 0.3) is 0 Å². The minimum atomic E-state index is -0.796. The van der Waals surface area contributed by atoms with E-state index in [1.165, 1.54) is 28.4 Å². The van der Waals surface area contributed by atoms with Crippen molar-refractivity contribution in [1.82, 2.24) is 20.2 Å². The topological polar surface area (TPSA) is 87.2 Å². The van der Waals surface area contributed by atoms with E-state index in [0.717, 1.165) is 16.4 Å². The van der Waals surface area contributed by atoms with Gasteiger partial charge in [0, 0.05) is 30.2 Å². The second-order valence-corrected chi connectivity index (χ2v) is 7.94. The number of fused-ring (bicyclic) bond motifs is 1. The molecule has 0 atom stereocenters. The van der Waals surface area contributed by atoms with Crippen LogP contribution in [0.5, 0.6) is 0 Å². The Bertz CT molecular complexity index is 1090. The molecule has 2 aromatic heterocycles. The van der Waals surface area contributed by atoms with Gasteiger partial charge in [0.2, 0.25) is 0 Å². The normalized spacial score (nSPS) is 12.9. The van der Waals surface area contributed by atoms with E-state index in [9.17, 15) is 14.0 Å². The van der Waals surface area contributed by atoms with E-state index in [1.54, 1.807) is 12.3 Å². The molecule has 4 rings (SSSR count). The van der Waals surface area contributed by atoms with Gasteiger partial charge in [0.25, 0.3) is 0 Å². The average molecular weight is 446 g/mol. The van der Waals surface area contributed by atoms with E-state index in [2.05, 4.69) is 20.6 Å². The fourth-order valence-electron chi connectivity index (χ4n) is 3.13. The summed E-state index contributed by atoms with van der Waals surface area (Å²) in [6.45, 7) is 0.508. The van der Waals surface area contributed by atoms with Crippen LogP contribution >= 0.6 is 22.9 Å². The zero-order valence-corrected chi connectivity index (χ0v) is 17.3. The van der Waals surface area contributed by atoms with Gasteiger partial charge in [0.1, 0.15) is 11.6 Å². The number of aromatic nitrogens is 2. The number of benzene rings is 1. The van der Waals surface area contributed by atoms with E-state index in [-0.39, 0.29) is 23.7 Å². The second kappa shape index (κ2) is 8.76. The fourth-order valence-corrected chi connectivity index (χ4v) is 3.86. The van der Waals surface area contributed by atoms with Gasteiger partial charge in [-0.15, -0.1) is 11.3 Å². The number of carbonyl (C=O) groups is 2. The number of hydrogen-bond donors (Lipinski definition) is 2. The van der Waals surface area contributed by atoms with Gasteiger partial charge in [-0.3, -0.25) is 9.59 Å². The Morgan fingerprint density at radius 1 is 1.27 bits per heavy atom. The number of rotatable bonds is 4. The van der Waals surface area contributed by atoms with Crippen LogP contribution in [0.2, 0.25) is 5.02 Å². The van der Waals surface area contributed by atoms with Crippen LogP contribution in [-0.2, 0) is 29.1 Å². The van der Waals surface area contributed by atoms with Crippen molar-refractivity contribution in [3.05, 3.63) is 69.6 Å². The van der Waals surface area contributed by atoms with Crippen molar-refractivity contribution in [3.8, 4) is 0 Å². The van der Waals surface area contributed by atoms with Crippen LogP contribution in [0.15, 0.2) is 41.9 Å². The molecular weight excluding hydrogens is 429 g/mol. The van der Waals surface area contributed by atoms with Gasteiger partial charge in [0.05, 0.1) is 17.3 Å². The Kier molecular flexibility index (Phi) is 5.91. The molecule has 0 fully saturated rings. The molecule has 3 aromatic rings. The first-order valence-electron chi connectivity index (χ1n) is 9.16. The molecule has 2 N–H and O–H groups in total. The van der Waals surface area contributed by atoms with Gasteiger partial charge >= 0.3 is 11.8 Å². The largest absolute Gasteiger partial charge is 0.344 e. The maximum Gasteiger partial charge on any atom is 0.312 e. The number of thiazole rings is 1. The summed E-state index contributed by atoms with van der Waals surface area (Å²) in [6.07, 6.45) is 2.29. The third-order valence-electron chi connectivity index (χ3n) is 4.68. The number of nitrogens with zero attached hydrogens (tertiary/aromatic N) is 3. The first-order chi connectivity index (χ1) is 14.5. The molecule has 0 saturated heterocycles. The molecule has 0 unspecified atom stereocenters. The van der Waals surface area contributed by atoms with Crippen LogP contribution in [0.1, 0.15) is 16.8 Å². The van der Waals surface area contributed by atoms with Crippen molar-refractivity contribution < 1.29 is 14.0 Å². The van der Waals surface area contributed by atoms with Crippen LogP contribution in [-0.4, -0.2) is 33.2 Å². The van der Waals surface area contributed by atoms with Crippen LogP contribution in [0.4, 0.5) is 15.3 Å². The lowest BCUT2D eigenvalue weighted by Crippen LogP contribution is -2.45. The molecule has 10 heteroatoms. The summed E-state index contributed by atoms with van der Waals surface area (Å²) in [5.41, 5.74) is 1.97. The first-order valence-corrected chi connectivity index (χ1v) is 10.4. The zero-order valence-electron chi connectivity index (χ0n) is 15.7. The molecule has 154 valence electrons. The molecule has 0 aliphatic carbocycles. The third-order valence-corrected chi connectivity index (χ3v) is 5.66. The van der Waals surface area contributed by atoms with Crippen LogP contribution in [0, 0.1) is 5.82 Å². The monoisotopic (exact) mass is 445 g/mol. The number of carbonyl (C=O) groups excluding carboxylic acids is 2. The number of anilines is 2. The Morgan fingerprint density at radius 2 is 2.13 bits per heavy atom. The van der Waals surface area contributed by atoms with E-state index in [0.29, 0.717) is 18.8 Å². The molecule has 0 saturated carbocycles. The highest BCUT2D eigenvalue weighted by Crippen LogP contribution is 2.23. The molecule has 0 radical (unpaired) electrons. The molecule has 2 amide bonds. The number of hydrogen-bond acceptors (Lipinski definition) is 6. The maximum atomic E-state index is 14.0. The first kappa shape index (κ1) is 20.2. The molecular formula is C20H17ClFN5O2S. The number of halogens is 2. The summed E-state index contributed by atoms with van der Waals surface area (Å²) in [7, 11) is 0. The van der Waals surface area contributed by atoms with Crippen molar-refractivity contribution in [1.29, 1.82) is 0 Å². The predicted molar refractivity (Wildman–Crippen MR) is 112 cm³/mol. The smallest absolute Gasteiger partial charge is 0.312 e. The summed E-state index contributed by atoms with van der Waals surface area (Å²) in [5, 5.41) is 8.12. The van der Waals surface area contributed by atoms with Crippen LogP contribution in [0.3, 0.4) is 0 Å². The molecule has 3 heterocycles. The summed E-state index contributed by atoms with van der Waals surface area (Å²) in [6, 6.07) is 8.33. The van der Waals surface area contributed by atoms with E-state index in [4.69, 9.17) is 11.6 Å². The molecule has 1 aromatic carbocycles. The van der Waals surface area contributed by atoms with Crippen molar-refractivity contribution in [2.45, 2.75) is 19.5 Å². The fraction of sp³-hybridized carbons (Fsp3) is 0.200. The third kappa shape index (κ3) is 4.42. The second-order valence-electron chi connectivity index (χ2n) is 6.64. The minimum absolute atomic E-state index is 0.0334. The van der Waals surface area contributed by atoms with Crippen molar-refractivity contribution in [2.24, 2.45) is 0 Å². The van der Waals surface area contributed by atoms with Gasteiger partial charge < -0.3 is 15.5 Å². The lowest BCUT2D eigenvalue weighted by molar-refractivity contribution is -0.146. The average Bonchev–Trinajstić information content (AvgIpc) is 3.26. The highest BCUT2D eigenvalue weighted by atomic mass is 35.5. The Morgan fingerprint density at radius 3 is 2.93 bits per heavy atom. The predicted octanol–water partition coefficient (Wildman–Crippen LogP) is 3.28. The zero-order chi connectivity index (χ0) is 21.1. The lowest BCUT2D eigenvalue weighted by Gasteiger charge is -2.27. The van der Waals surface area contributed by atoms with Gasteiger partial charge in [-0.1, -0.05) is 29.8 Å². The summed E-state index contributed by atoms with van der Waals surface area (Å²) < 4.78 is 14.0. The summed E-state index contributed by atoms with van der Waals surface area (Å²) >= 11 is 7.20. The number of pyridine rings is 1. The number of amides is 2. The molecule has 7 nitrogen and oxygen atoms in total. The molecule has 0 spiro atoms. The molecule has 1 aliphatic heterocycles.